The monoisotopic (exact) mass is 890 g/mol. The van der Waals surface area contributed by atoms with Crippen LogP contribution in [-0.2, 0) is 0 Å². The van der Waals surface area contributed by atoms with Crippen LogP contribution in [0.3, 0.4) is 0 Å². The summed E-state index contributed by atoms with van der Waals surface area (Å²) in [7, 11) is 0. The van der Waals surface area contributed by atoms with Crippen LogP contribution < -0.4 is 0 Å². The SMILES string of the molecule is c1ccc(-c2c3ccccc3c(-c3ccc4c(c3)[se]c3c(-c5c6ccccc6c(-c6cc(-c7cccnc7)cc(-c7cccnc7)c6)c6ccccc56)cccc34)c3ccccc23)cc1. The first-order valence-electron chi connectivity index (χ1n) is 22.1. The van der Waals surface area contributed by atoms with Gasteiger partial charge in [0.15, 0.2) is 0 Å². The predicted octanol–water partition coefficient (Wildman–Crippen LogP) is 16.5. The Labute approximate surface area is 382 Å². The van der Waals surface area contributed by atoms with Gasteiger partial charge in [-0.2, -0.15) is 0 Å². The molecule has 0 atom stereocenters. The molecule has 3 heterocycles. The average molecular weight is 890 g/mol. The van der Waals surface area contributed by atoms with E-state index in [2.05, 4.69) is 204 Å². The molecule has 10 aromatic carbocycles. The van der Waals surface area contributed by atoms with E-state index in [0.717, 1.165) is 22.3 Å². The van der Waals surface area contributed by atoms with E-state index in [9.17, 15) is 0 Å². The maximum absolute atomic E-state index is 4.50. The Kier molecular flexibility index (Phi) is 8.91. The Bertz CT molecular complexity index is 3810. The molecule has 0 radical (unpaired) electrons. The van der Waals surface area contributed by atoms with Gasteiger partial charge in [0.25, 0.3) is 0 Å². The second-order valence-electron chi connectivity index (χ2n) is 16.8. The second kappa shape index (κ2) is 15.4. The van der Waals surface area contributed by atoms with Crippen LogP contribution in [0, 0.1) is 0 Å². The number of nitrogens with zero attached hydrogens (tertiary/aromatic N) is 2. The van der Waals surface area contributed by atoms with Gasteiger partial charge in [0.05, 0.1) is 0 Å². The summed E-state index contributed by atoms with van der Waals surface area (Å²) in [6.07, 6.45) is 7.58. The van der Waals surface area contributed by atoms with Gasteiger partial charge in [0, 0.05) is 12.4 Å². The van der Waals surface area contributed by atoms with Gasteiger partial charge in [0.1, 0.15) is 0 Å². The Morgan fingerprint density at radius 2 is 0.692 bits per heavy atom. The summed E-state index contributed by atoms with van der Waals surface area (Å²) in [5.74, 6) is 0. The number of hydrogen-bond donors (Lipinski definition) is 0. The van der Waals surface area contributed by atoms with Gasteiger partial charge < -0.3 is 0 Å². The zero-order valence-corrected chi connectivity index (χ0v) is 37.0. The van der Waals surface area contributed by atoms with E-state index in [0.29, 0.717) is 0 Å². The van der Waals surface area contributed by atoms with E-state index in [1.54, 1.807) is 0 Å². The van der Waals surface area contributed by atoms with Crippen molar-refractivity contribution >= 4 is 76.9 Å². The van der Waals surface area contributed by atoms with Crippen molar-refractivity contribution < 1.29 is 0 Å². The van der Waals surface area contributed by atoms with Gasteiger partial charge in [-0.05, 0) is 0 Å². The molecular formula is C62H38N2Se. The molecule has 2 nitrogen and oxygen atoms in total. The molecule has 0 aliphatic carbocycles. The molecule has 0 aliphatic rings. The normalized spacial score (nSPS) is 11.7. The van der Waals surface area contributed by atoms with Crippen molar-refractivity contribution in [2.75, 3.05) is 0 Å². The summed E-state index contributed by atoms with van der Waals surface area (Å²) in [5, 5.41) is 12.8. The molecule has 0 unspecified atom stereocenters. The molecule has 0 fully saturated rings. The zero-order valence-electron chi connectivity index (χ0n) is 35.2. The van der Waals surface area contributed by atoms with E-state index < -0.39 is 0 Å². The van der Waals surface area contributed by atoms with Crippen LogP contribution in [0.4, 0.5) is 0 Å². The molecule has 13 aromatic rings. The van der Waals surface area contributed by atoms with Crippen molar-refractivity contribution in [1.82, 2.24) is 9.97 Å². The molecule has 0 saturated heterocycles. The summed E-state index contributed by atoms with van der Waals surface area (Å²) in [6, 6.07) is 76.3. The van der Waals surface area contributed by atoms with Crippen molar-refractivity contribution in [1.29, 1.82) is 0 Å². The predicted molar refractivity (Wildman–Crippen MR) is 277 cm³/mol. The van der Waals surface area contributed by atoms with Crippen molar-refractivity contribution in [2.24, 2.45) is 0 Å². The summed E-state index contributed by atoms with van der Waals surface area (Å²) in [5.41, 5.74) is 14.6. The fourth-order valence-corrected chi connectivity index (χ4v) is 13.1. The first kappa shape index (κ1) is 37.6. The number of benzene rings is 10. The molecule has 65 heavy (non-hydrogen) atoms. The Morgan fingerprint density at radius 1 is 0.262 bits per heavy atom. The van der Waals surface area contributed by atoms with E-state index in [1.165, 1.54) is 107 Å². The van der Waals surface area contributed by atoms with Crippen molar-refractivity contribution in [3.8, 4) is 66.8 Å². The quantitative estimate of drug-likeness (QED) is 0.123. The Morgan fingerprint density at radius 3 is 1.20 bits per heavy atom. The van der Waals surface area contributed by atoms with Gasteiger partial charge >= 0.3 is 372 Å². The van der Waals surface area contributed by atoms with Crippen LogP contribution in [0.25, 0.3) is 129 Å². The summed E-state index contributed by atoms with van der Waals surface area (Å²) in [4.78, 5) is 9.00. The molecule has 0 bridgehead atoms. The average Bonchev–Trinajstić information content (AvgIpc) is 3.76. The summed E-state index contributed by atoms with van der Waals surface area (Å²) >= 11 is 0.0738. The Hall–Kier alpha value is -7.94. The second-order valence-corrected chi connectivity index (χ2v) is 19.0. The number of aromatic nitrogens is 2. The van der Waals surface area contributed by atoms with Crippen LogP contribution in [0.1, 0.15) is 0 Å². The molecule has 0 aliphatic heterocycles. The zero-order chi connectivity index (χ0) is 42.8. The first-order chi connectivity index (χ1) is 32.3. The Balaban J connectivity index is 1.04. The molecule has 3 heteroatoms. The van der Waals surface area contributed by atoms with Gasteiger partial charge in [-0.25, -0.2) is 0 Å². The van der Waals surface area contributed by atoms with Crippen LogP contribution in [0.2, 0.25) is 0 Å². The standard InChI is InChI=1S/C62H38N2Se/c1-2-15-39(16-3-1)58-47-19-4-6-21-49(47)59(50-22-7-5-20-48(50)58)40-29-30-46-55-27-12-28-56(62(55)65-57(46)36-40)61-53-25-10-8-23-51(53)60(52-24-9-11-26-54(52)61)45-34-43(41-17-13-31-63-37-41)33-44(35-45)42-18-14-32-64-38-42/h1-38H. The van der Waals surface area contributed by atoms with Gasteiger partial charge in [-0.15, -0.1) is 0 Å². The number of fused-ring (bicyclic) bond motifs is 7. The number of pyridine rings is 2. The maximum atomic E-state index is 4.50. The molecule has 0 saturated carbocycles. The van der Waals surface area contributed by atoms with Crippen molar-refractivity contribution in [3.63, 3.8) is 0 Å². The molecular weight excluding hydrogens is 852 g/mol. The van der Waals surface area contributed by atoms with Gasteiger partial charge in [-0.3, -0.25) is 0 Å². The molecule has 0 N–H and O–H groups in total. The van der Waals surface area contributed by atoms with Crippen LogP contribution in [0.15, 0.2) is 231 Å². The number of rotatable bonds is 6. The van der Waals surface area contributed by atoms with E-state index >= 15 is 0 Å². The van der Waals surface area contributed by atoms with Gasteiger partial charge in [-0.1, -0.05) is 0 Å². The number of hydrogen-bond acceptors (Lipinski definition) is 2. The third-order valence-corrected chi connectivity index (χ3v) is 15.7. The minimum atomic E-state index is 0.0738. The van der Waals surface area contributed by atoms with E-state index in [-0.39, 0.29) is 14.5 Å². The van der Waals surface area contributed by atoms with Crippen LogP contribution in [0.5, 0.6) is 0 Å². The summed E-state index contributed by atoms with van der Waals surface area (Å²) in [6.45, 7) is 0. The van der Waals surface area contributed by atoms with Gasteiger partial charge in [0.2, 0.25) is 0 Å². The first-order valence-corrected chi connectivity index (χ1v) is 23.8. The fraction of sp³-hybridized carbons (Fsp3) is 0. The molecule has 0 amide bonds. The van der Waals surface area contributed by atoms with Crippen LogP contribution >= 0.6 is 0 Å². The van der Waals surface area contributed by atoms with Crippen molar-refractivity contribution in [3.05, 3.63) is 231 Å². The molecule has 302 valence electrons. The van der Waals surface area contributed by atoms with Crippen molar-refractivity contribution in [2.45, 2.75) is 0 Å². The third-order valence-electron chi connectivity index (χ3n) is 13.2. The summed E-state index contributed by atoms with van der Waals surface area (Å²) < 4.78 is 2.87. The molecule has 0 spiro atoms. The molecule has 3 aromatic heterocycles. The fourth-order valence-electron chi connectivity index (χ4n) is 10.4. The topological polar surface area (TPSA) is 25.8 Å². The van der Waals surface area contributed by atoms with Crippen LogP contribution in [-0.4, -0.2) is 24.5 Å². The van der Waals surface area contributed by atoms with E-state index in [4.69, 9.17) is 0 Å². The van der Waals surface area contributed by atoms with E-state index in [1.807, 2.05) is 36.9 Å². The molecule has 13 rings (SSSR count). The third kappa shape index (κ3) is 6.16. The minimum absolute atomic E-state index is 0.0738.